The first-order chi connectivity index (χ1) is 8.68. The quantitative estimate of drug-likeness (QED) is 0.749. The number of tetrazole rings is 1. The van der Waals surface area contributed by atoms with E-state index in [9.17, 15) is 0 Å². The molecule has 0 saturated carbocycles. The van der Waals surface area contributed by atoms with Gasteiger partial charge in [-0.1, -0.05) is 26.0 Å². The average Bonchev–Trinajstić information content (AvgIpc) is 2.97. The molecule has 0 atom stereocenters. The van der Waals surface area contributed by atoms with Gasteiger partial charge in [-0.3, -0.25) is 0 Å². The minimum atomic E-state index is 0.495. The molecule has 0 aliphatic carbocycles. The Morgan fingerprint density at radius 2 is 2.11 bits per heavy atom. The van der Waals surface area contributed by atoms with Gasteiger partial charge in [0.05, 0.1) is 5.69 Å². The van der Waals surface area contributed by atoms with Crippen LogP contribution in [0.5, 0.6) is 0 Å². The Labute approximate surface area is 105 Å². The van der Waals surface area contributed by atoms with Gasteiger partial charge < -0.3 is 4.57 Å². The number of H-pyrrole nitrogens is 1. The number of hydrogen-bond donors (Lipinski definition) is 1. The van der Waals surface area contributed by atoms with Crippen molar-refractivity contribution in [2.24, 2.45) is 7.05 Å². The Kier molecular flexibility index (Phi) is 2.40. The number of aromatic nitrogens is 5. The highest BCUT2D eigenvalue weighted by Crippen LogP contribution is 2.30. The van der Waals surface area contributed by atoms with Gasteiger partial charge in [-0.05, 0) is 28.8 Å². The van der Waals surface area contributed by atoms with Crippen molar-refractivity contribution in [2.45, 2.75) is 19.8 Å². The standard InChI is InChI=1S/C13H15N5/c1-8(2)9-5-4-6-11-10(9)7-12(18(11)3)13-14-16-17-15-13/h4-8H,1-3H3,(H,14,15,16,17). The van der Waals surface area contributed by atoms with Crippen LogP contribution in [0.3, 0.4) is 0 Å². The first-order valence-corrected chi connectivity index (χ1v) is 6.00. The van der Waals surface area contributed by atoms with E-state index in [1.54, 1.807) is 0 Å². The van der Waals surface area contributed by atoms with Crippen LogP contribution in [0.4, 0.5) is 0 Å². The van der Waals surface area contributed by atoms with Crippen molar-refractivity contribution >= 4 is 10.9 Å². The number of nitrogens with one attached hydrogen (secondary N) is 1. The summed E-state index contributed by atoms with van der Waals surface area (Å²) in [6, 6.07) is 8.52. The zero-order chi connectivity index (χ0) is 12.7. The molecule has 0 saturated heterocycles. The molecular weight excluding hydrogens is 226 g/mol. The zero-order valence-electron chi connectivity index (χ0n) is 10.7. The summed E-state index contributed by atoms with van der Waals surface area (Å²) in [6.45, 7) is 4.41. The minimum absolute atomic E-state index is 0.495. The lowest BCUT2D eigenvalue weighted by Gasteiger charge is -2.07. The molecule has 5 heteroatoms. The van der Waals surface area contributed by atoms with Gasteiger partial charge in [0.15, 0.2) is 0 Å². The van der Waals surface area contributed by atoms with E-state index in [0.29, 0.717) is 11.7 Å². The van der Waals surface area contributed by atoms with Gasteiger partial charge in [-0.2, -0.15) is 5.21 Å². The molecular formula is C13H15N5. The highest BCUT2D eigenvalue weighted by atomic mass is 15.5. The molecule has 0 unspecified atom stereocenters. The van der Waals surface area contributed by atoms with E-state index in [0.717, 1.165) is 5.69 Å². The van der Waals surface area contributed by atoms with Crippen LogP contribution in [0.2, 0.25) is 0 Å². The van der Waals surface area contributed by atoms with E-state index < -0.39 is 0 Å². The largest absolute Gasteiger partial charge is 0.341 e. The molecule has 0 fully saturated rings. The van der Waals surface area contributed by atoms with Gasteiger partial charge in [0.1, 0.15) is 0 Å². The predicted octanol–water partition coefficient (Wildman–Crippen LogP) is 2.48. The summed E-state index contributed by atoms with van der Waals surface area (Å²) >= 11 is 0. The van der Waals surface area contributed by atoms with Crippen molar-refractivity contribution < 1.29 is 0 Å². The molecule has 3 aromatic rings. The Hall–Kier alpha value is -2.17. The average molecular weight is 241 g/mol. The fraction of sp³-hybridized carbons (Fsp3) is 0.308. The van der Waals surface area contributed by atoms with Crippen molar-refractivity contribution in [1.29, 1.82) is 0 Å². The molecule has 0 aliphatic rings. The number of fused-ring (bicyclic) bond motifs is 1. The van der Waals surface area contributed by atoms with Crippen LogP contribution in [0, 0.1) is 0 Å². The van der Waals surface area contributed by atoms with Gasteiger partial charge in [-0.25, -0.2) is 0 Å². The first kappa shape index (κ1) is 11.0. The van der Waals surface area contributed by atoms with Crippen molar-refractivity contribution in [2.75, 3.05) is 0 Å². The van der Waals surface area contributed by atoms with E-state index in [4.69, 9.17) is 0 Å². The van der Waals surface area contributed by atoms with Crippen LogP contribution < -0.4 is 0 Å². The molecule has 1 aromatic carbocycles. The fourth-order valence-electron chi connectivity index (χ4n) is 2.37. The summed E-state index contributed by atoms with van der Waals surface area (Å²) in [5, 5.41) is 15.5. The summed E-state index contributed by atoms with van der Waals surface area (Å²) in [7, 11) is 2.03. The van der Waals surface area contributed by atoms with Crippen molar-refractivity contribution in [3.8, 4) is 11.5 Å². The molecule has 3 rings (SSSR count). The maximum Gasteiger partial charge on any atom is 0.221 e. The van der Waals surface area contributed by atoms with Crippen molar-refractivity contribution in [3.05, 3.63) is 29.8 Å². The zero-order valence-corrected chi connectivity index (χ0v) is 10.7. The number of rotatable bonds is 2. The van der Waals surface area contributed by atoms with E-state index >= 15 is 0 Å². The highest BCUT2D eigenvalue weighted by Gasteiger charge is 2.14. The Morgan fingerprint density at radius 1 is 1.28 bits per heavy atom. The molecule has 18 heavy (non-hydrogen) atoms. The molecule has 0 bridgehead atoms. The summed E-state index contributed by atoms with van der Waals surface area (Å²) in [4.78, 5) is 0. The van der Waals surface area contributed by atoms with Crippen molar-refractivity contribution in [1.82, 2.24) is 25.2 Å². The third-order valence-electron chi connectivity index (χ3n) is 3.32. The molecule has 5 nitrogen and oxygen atoms in total. The van der Waals surface area contributed by atoms with Gasteiger partial charge >= 0.3 is 0 Å². The predicted molar refractivity (Wildman–Crippen MR) is 70.2 cm³/mol. The Bertz CT molecular complexity index is 679. The molecule has 0 spiro atoms. The second-order valence-corrected chi connectivity index (χ2v) is 4.76. The number of aromatic amines is 1. The molecule has 2 heterocycles. The SMILES string of the molecule is CC(C)c1cccc2c1cc(-c1nn[nH]n1)n2C. The van der Waals surface area contributed by atoms with Crippen LogP contribution in [0.25, 0.3) is 22.4 Å². The van der Waals surface area contributed by atoms with Gasteiger partial charge in [0.2, 0.25) is 5.82 Å². The van der Waals surface area contributed by atoms with E-state index in [2.05, 4.69) is 63.3 Å². The van der Waals surface area contributed by atoms with Crippen molar-refractivity contribution in [3.63, 3.8) is 0 Å². The summed E-state index contributed by atoms with van der Waals surface area (Å²) in [5.41, 5.74) is 3.52. The normalized spacial score (nSPS) is 11.6. The summed E-state index contributed by atoms with van der Waals surface area (Å²) in [5.74, 6) is 1.12. The van der Waals surface area contributed by atoms with Crippen LogP contribution >= 0.6 is 0 Å². The third-order valence-corrected chi connectivity index (χ3v) is 3.32. The smallest absolute Gasteiger partial charge is 0.221 e. The highest BCUT2D eigenvalue weighted by molar-refractivity contribution is 5.89. The monoisotopic (exact) mass is 241 g/mol. The summed E-state index contributed by atoms with van der Waals surface area (Å²) in [6.07, 6.45) is 0. The lowest BCUT2D eigenvalue weighted by Crippen LogP contribution is -1.93. The molecule has 0 radical (unpaired) electrons. The lowest BCUT2D eigenvalue weighted by molar-refractivity contribution is 0.875. The third kappa shape index (κ3) is 1.51. The van der Waals surface area contributed by atoms with E-state index in [-0.39, 0.29) is 0 Å². The minimum Gasteiger partial charge on any atom is -0.341 e. The Morgan fingerprint density at radius 3 is 2.78 bits per heavy atom. The second-order valence-electron chi connectivity index (χ2n) is 4.76. The molecule has 92 valence electrons. The first-order valence-electron chi connectivity index (χ1n) is 6.00. The topological polar surface area (TPSA) is 59.4 Å². The van der Waals surface area contributed by atoms with E-state index in [1.807, 2.05) is 7.05 Å². The summed E-state index contributed by atoms with van der Waals surface area (Å²) < 4.78 is 2.10. The maximum absolute atomic E-state index is 4.05. The van der Waals surface area contributed by atoms with Gasteiger partial charge in [0.25, 0.3) is 0 Å². The molecule has 2 aromatic heterocycles. The number of hydrogen-bond acceptors (Lipinski definition) is 3. The number of nitrogens with zero attached hydrogens (tertiary/aromatic N) is 4. The number of benzene rings is 1. The van der Waals surface area contributed by atoms with Crippen LogP contribution in [0.15, 0.2) is 24.3 Å². The van der Waals surface area contributed by atoms with Crippen LogP contribution in [-0.2, 0) is 7.05 Å². The van der Waals surface area contributed by atoms with E-state index in [1.165, 1.54) is 16.5 Å². The lowest BCUT2D eigenvalue weighted by atomic mass is 9.99. The van der Waals surface area contributed by atoms with Crippen LogP contribution in [-0.4, -0.2) is 25.2 Å². The van der Waals surface area contributed by atoms with Gasteiger partial charge in [-0.15, -0.1) is 10.2 Å². The molecule has 0 aliphatic heterocycles. The fourth-order valence-corrected chi connectivity index (χ4v) is 2.37. The Balaban J connectivity index is 2.31. The van der Waals surface area contributed by atoms with Crippen LogP contribution in [0.1, 0.15) is 25.3 Å². The molecule has 0 amide bonds. The van der Waals surface area contributed by atoms with Gasteiger partial charge in [0, 0.05) is 18.0 Å². The maximum atomic E-state index is 4.05. The molecule has 1 N–H and O–H groups in total. The number of aryl methyl sites for hydroxylation is 1. The second kappa shape index (κ2) is 3.94.